The molecule has 0 aromatic heterocycles. The first kappa shape index (κ1) is 15.7. The van der Waals surface area contributed by atoms with E-state index >= 15 is 0 Å². The van der Waals surface area contributed by atoms with E-state index in [1.54, 1.807) is 0 Å². The first-order valence-corrected chi connectivity index (χ1v) is 10.2. The Morgan fingerprint density at radius 1 is 1.23 bits per heavy atom. The lowest BCUT2D eigenvalue weighted by Gasteiger charge is -2.56. The van der Waals surface area contributed by atoms with Crippen molar-refractivity contribution in [2.45, 2.75) is 70.5 Å². The second-order valence-electron chi connectivity index (χ2n) is 9.56. The maximum absolute atomic E-state index is 9.59. The van der Waals surface area contributed by atoms with E-state index in [0.29, 0.717) is 10.8 Å². The molecule has 0 saturated heterocycles. The lowest BCUT2D eigenvalue weighted by Crippen LogP contribution is -2.47. The number of halogens is 1. The van der Waals surface area contributed by atoms with Gasteiger partial charge in [-0.3, -0.25) is 0 Å². The highest BCUT2D eigenvalue weighted by molar-refractivity contribution is 9.09. The Kier molecular flexibility index (Phi) is 3.46. The summed E-state index contributed by atoms with van der Waals surface area (Å²) in [6.45, 7) is 7.79. The first-order chi connectivity index (χ1) is 10.3. The van der Waals surface area contributed by atoms with Gasteiger partial charge in [0.15, 0.2) is 0 Å². The van der Waals surface area contributed by atoms with Crippen molar-refractivity contribution < 1.29 is 5.11 Å². The van der Waals surface area contributed by atoms with Gasteiger partial charge < -0.3 is 5.11 Å². The van der Waals surface area contributed by atoms with Crippen LogP contribution in [0.15, 0.2) is 11.6 Å². The quantitative estimate of drug-likeness (QED) is 0.517. The van der Waals surface area contributed by atoms with Gasteiger partial charge in [0.2, 0.25) is 0 Å². The molecule has 124 valence electrons. The van der Waals surface area contributed by atoms with Crippen LogP contribution >= 0.6 is 15.9 Å². The van der Waals surface area contributed by atoms with Crippen molar-refractivity contribution in [1.29, 1.82) is 0 Å². The second kappa shape index (κ2) is 4.85. The van der Waals surface area contributed by atoms with Gasteiger partial charge >= 0.3 is 0 Å². The van der Waals surface area contributed by atoms with Crippen LogP contribution in [0.5, 0.6) is 0 Å². The first-order valence-electron chi connectivity index (χ1n) is 9.29. The summed E-state index contributed by atoms with van der Waals surface area (Å²) in [5, 5.41) is 9.59. The molecule has 2 heteroatoms. The number of rotatable bonds is 2. The van der Waals surface area contributed by atoms with E-state index in [9.17, 15) is 5.11 Å². The van der Waals surface area contributed by atoms with Crippen molar-refractivity contribution >= 4 is 15.9 Å². The van der Waals surface area contributed by atoms with Crippen LogP contribution in [-0.2, 0) is 0 Å². The minimum atomic E-state index is 0.229. The van der Waals surface area contributed by atoms with Gasteiger partial charge in [0.05, 0.1) is 6.61 Å². The molecule has 4 aliphatic carbocycles. The third-order valence-corrected chi connectivity index (χ3v) is 9.75. The van der Waals surface area contributed by atoms with Crippen LogP contribution in [0.25, 0.3) is 0 Å². The van der Waals surface area contributed by atoms with Gasteiger partial charge in [0, 0.05) is 4.83 Å². The van der Waals surface area contributed by atoms with E-state index in [1.807, 2.05) is 5.57 Å². The van der Waals surface area contributed by atoms with Crippen molar-refractivity contribution in [3.05, 3.63) is 11.6 Å². The minimum absolute atomic E-state index is 0.229. The fourth-order valence-electron chi connectivity index (χ4n) is 6.77. The molecular weight excluding hydrogens is 336 g/mol. The molecule has 7 atom stereocenters. The van der Waals surface area contributed by atoms with Crippen molar-refractivity contribution in [1.82, 2.24) is 0 Å². The zero-order chi connectivity index (χ0) is 15.8. The number of alkyl halides is 1. The molecule has 0 amide bonds. The van der Waals surface area contributed by atoms with E-state index in [2.05, 4.69) is 42.8 Å². The topological polar surface area (TPSA) is 20.2 Å². The molecule has 0 aliphatic heterocycles. The maximum Gasteiger partial charge on any atom is 0.0561 e. The van der Waals surface area contributed by atoms with Crippen molar-refractivity contribution in [3.63, 3.8) is 0 Å². The summed E-state index contributed by atoms with van der Waals surface area (Å²) in [7, 11) is 0. The average molecular weight is 367 g/mol. The normalized spacial score (nSPS) is 54.6. The van der Waals surface area contributed by atoms with Gasteiger partial charge in [0.1, 0.15) is 0 Å². The van der Waals surface area contributed by atoms with E-state index in [1.165, 1.54) is 38.5 Å². The van der Waals surface area contributed by atoms with E-state index in [-0.39, 0.29) is 16.8 Å². The molecule has 4 aliphatic rings. The van der Waals surface area contributed by atoms with E-state index < -0.39 is 0 Å². The van der Waals surface area contributed by atoms with Crippen LogP contribution < -0.4 is 0 Å². The van der Waals surface area contributed by atoms with E-state index in [0.717, 1.165) is 24.2 Å². The number of allylic oxidation sites excluding steroid dienone is 2. The van der Waals surface area contributed by atoms with Crippen molar-refractivity contribution in [3.8, 4) is 0 Å². The van der Waals surface area contributed by atoms with Gasteiger partial charge in [-0.25, -0.2) is 0 Å². The van der Waals surface area contributed by atoms with Crippen molar-refractivity contribution in [2.75, 3.05) is 6.61 Å². The Balaban J connectivity index is 1.65. The molecule has 0 heterocycles. The smallest absolute Gasteiger partial charge is 0.0561 e. The van der Waals surface area contributed by atoms with Gasteiger partial charge in [0.25, 0.3) is 0 Å². The van der Waals surface area contributed by atoms with Crippen LogP contribution in [0.4, 0.5) is 0 Å². The Hall–Kier alpha value is 0.180. The van der Waals surface area contributed by atoms with Gasteiger partial charge in [-0.2, -0.15) is 0 Å². The van der Waals surface area contributed by atoms with Gasteiger partial charge in [-0.05, 0) is 78.9 Å². The number of aliphatic hydroxyl groups is 1. The molecule has 3 saturated carbocycles. The highest BCUT2D eigenvalue weighted by atomic mass is 79.9. The maximum atomic E-state index is 9.59. The summed E-state index contributed by atoms with van der Waals surface area (Å²) in [6.07, 6.45) is 12.2. The van der Waals surface area contributed by atoms with Crippen LogP contribution in [0.1, 0.15) is 65.7 Å². The summed E-state index contributed by atoms with van der Waals surface area (Å²) in [6, 6.07) is 0. The van der Waals surface area contributed by atoms with Gasteiger partial charge in [-0.15, -0.1) is 0 Å². The Morgan fingerprint density at radius 2 is 2.00 bits per heavy atom. The van der Waals surface area contributed by atoms with Crippen LogP contribution in [-0.4, -0.2) is 16.5 Å². The monoisotopic (exact) mass is 366 g/mol. The Bertz CT molecular complexity index is 514. The summed E-state index contributed by atoms with van der Waals surface area (Å²) >= 11 is 3.74. The highest BCUT2D eigenvalue weighted by Crippen LogP contribution is 2.73. The number of aliphatic hydroxyl groups excluding tert-OH is 1. The molecule has 1 N–H and O–H groups in total. The van der Waals surface area contributed by atoms with Crippen LogP contribution in [0.2, 0.25) is 0 Å². The average Bonchev–Trinajstić information content (AvgIpc) is 3.17. The highest BCUT2D eigenvalue weighted by Gasteiger charge is 2.65. The number of fused-ring (bicyclic) bond motifs is 5. The fourth-order valence-corrected chi connectivity index (χ4v) is 7.14. The zero-order valence-electron chi connectivity index (χ0n) is 14.4. The van der Waals surface area contributed by atoms with Gasteiger partial charge in [-0.1, -0.05) is 48.4 Å². The molecule has 0 aromatic carbocycles. The zero-order valence-corrected chi connectivity index (χ0v) is 16.0. The standard InChI is InChI=1S/C20H31BrO/c1-18(17(21)12-22)8-7-15-13(10-18)4-5-16-19(15,2)9-6-14-11-20(14,16)3/h7,13-14,16-17,22H,4-6,8-12H2,1-3H3/t13-,14+,16-,17?,18?,19?,20-/m0/s1. The third kappa shape index (κ3) is 1.98. The molecule has 4 rings (SSSR count). The molecule has 1 nitrogen and oxygen atoms in total. The third-order valence-electron chi connectivity index (χ3n) is 8.36. The molecular formula is C20H31BrO. The Labute approximate surface area is 144 Å². The number of hydrogen-bond donors (Lipinski definition) is 1. The lowest BCUT2D eigenvalue weighted by molar-refractivity contribution is 0.0240. The Morgan fingerprint density at radius 3 is 2.73 bits per heavy atom. The van der Waals surface area contributed by atoms with E-state index in [4.69, 9.17) is 0 Å². The predicted molar refractivity (Wildman–Crippen MR) is 95.0 cm³/mol. The molecule has 0 aromatic rings. The minimum Gasteiger partial charge on any atom is -0.395 e. The SMILES string of the molecule is CC1(C(Br)CO)CC=C2[C@@H](CC[C@H]3C2(C)CC[C@@H]2C[C@@]23C)C1. The number of hydrogen-bond acceptors (Lipinski definition) is 1. The predicted octanol–water partition coefficient (Wildman–Crippen LogP) is 5.32. The molecule has 3 fully saturated rings. The summed E-state index contributed by atoms with van der Waals surface area (Å²) in [5.41, 5.74) is 3.19. The van der Waals surface area contributed by atoms with Crippen LogP contribution in [0.3, 0.4) is 0 Å². The van der Waals surface area contributed by atoms with Crippen molar-refractivity contribution in [2.24, 2.45) is 34.0 Å². The molecule has 3 unspecified atom stereocenters. The summed E-state index contributed by atoms with van der Waals surface area (Å²) in [4.78, 5) is 0.236. The van der Waals surface area contributed by atoms with Crippen LogP contribution in [0, 0.1) is 34.0 Å². The fraction of sp³-hybridized carbons (Fsp3) is 0.900. The second-order valence-corrected chi connectivity index (χ2v) is 10.7. The molecule has 0 bridgehead atoms. The summed E-state index contributed by atoms with van der Waals surface area (Å²) in [5.74, 6) is 2.74. The lowest BCUT2D eigenvalue weighted by atomic mass is 9.49. The molecule has 22 heavy (non-hydrogen) atoms. The molecule has 0 radical (unpaired) electrons. The molecule has 0 spiro atoms. The summed E-state index contributed by atoms with van der Waals surface area (Å²) < 4.78 is 0. The largest absolute Gasteiger partial charge is 0.395 e.